The van der Waals surface area contributed by atoms with E-state index in [1.54, 1.807) is 0 Å². The maximum atomic E-state index is 13.1. The van der Waals surface area contributed by atoms with Crippen molar-refractivity contribution in [2.75, 3.05) is 0 Å². The molecule has 0 saturated heterocycles. The first kappa shape index (κ1) is 13.4. The minimum atomic E-state index is -4.68. The van der Waals surface area contributed by atoms with Crippen LogP contribution in [0.15, 0.2) is 18.2 Å². The maximum Gasteiger partial charge on any atom is 0.416 e. The van der Waals surface area contributed by atoms with Crippen LogP contribution in [-0.4, -0.2) is 16.2 Å². The molecule has 0 bridgehead atoms. The van der Waals surface area contributed by atoms with E-state index in [2.05, 4.69) is 0 Å². The smallest absolute Gasteiger partial charge is 0.416 e. The highest BCUT2D eigenvalue weighted by atomic mass is 19.4. The monoisotopic (exact) mass is 252 g/mol. The Kier molecular flexibility index (Phi) is 3.72. The van der Waals surface area contributed by atoms with Crippen LogP contribution in [0.2, 0.25) is 0 Å². The summed E-state index contributed by atoms with van der Waals surface area (Å²) in [7, 11) is 0. The number of aliphatic hydroxyl groups is 1. The number of benzene rings is 1. The quantitative estimate of drug-likeness (QED) is 0.812. The van der Waals surface area contributed by atoms with Crippen molar-refractivity contribution in [3.05, 3.63) is 35.1 Å². The molecule has 1 unspecified atom stereocenters. The lowest BCUT2D eigenvalue weighted by atomic mass is 10.0. The normalized spacial score (nSPS) is 13.5. The first-order chi connectivity index (χ1) is 7.71. The number of carbonyl (C=O) groups is 1. The minimum absolute atomic E-state index is 0.406. The highest BCUT2D eigenvalue weighted by molar-refractivity contribution is 5.67. The molecule has 0 aliphatic heterocycles. The van der Waals surface area contributed by atoms with Crippen LogP contribution in [0.5, 0.6) is 0 Å². The largest absolute Gasteiger partial charge is 0.481 e. The number of carboxylic acids is 1. The molecule has 2 N–H and O–H groups in total. The molecule has 7 heteroatoms. The Labute approximate surface area is 93.3 Å². The van der Waals surface area contributed by atoms with Gasteiger partial charge in [-0.1, -0.05) is 0 Å². The van der Waals surface area contributed by atoms with Gasteiger partial charge in [-0.15, -0.1) is 0 Å². The molecule has 0 radical (unpaired) electrons. The molecule has 1 rings (SSSR count). The van der Waals surface area contributed by atoms with Gasteiger partial charge in [-0.2, -0.15) is 13.2 Å². The van der Waals surface area contributed by atoms with Gasteiger partial charge < -0.3 is 10.2 Å². The Hall–Kier alpha value is -1.63. The second-order valence-electron chi connectivity index (χ2n) is 3.35. The molecule has 17 heavy (non-hydrogen) atoms. The number of aliphatic hydroxyl groups excluding tert-OH is 1. The zero-order chi connectivity index (χ0) is 13.2. The van der Waals surface area contributed by atoms with E-state index < -0.39 is 41.6 Å². The van der Waals surface area contributed by atoms with Crippen molar-refractivity contribution in [3.8, 4) is 0 Å². The fourth-order valence-electron chi connectivity index (χ4n) is 1.25. The lowest BCUT2D eigenvalue weighted by Crippen LogP contribution is -2.11. The van der Waals surface area contributed by atoms with Crippen LogP contribution >= 0.6 is 0 Å². The fraction of sp³-hybridized carbons (Fsp3) is 0.300. The summed E-state index contributed by atoms with van der Waals surface area (Å²) in [6, 6.07) is 1.47. The lowest BCUT2D eigenvalue weighted by molar-refractivity contribution is -0.139. The average molecular weight is 252 g/mol. The molecule has 0 spiro atoms. The zero-order valence-corrected chi connectivity index (χ0v) is 8.33. The number of halogens is 4. The van der Waals surface area contributed by atoms with Crippen LogP contribution in [0.25, 0.3) is 0 Å². The van der Waals surface area contributed by atoms with Crippen molar-refractivity contribution >= 4 is 5.97 Å². The highest BCUT2D eigenvalue weighted by Crippen LogP contribution is 2.32. The average Bonchev–Trinajstić information content (AvgIpc) is 2.15. The van der Waals surface area contributed by atoms with Crippen LogP contribution in [0.4, 0.5) is 17.6 Å². The van der Waals surface area contributed by atoms with Crippen molar-refractivity contribution < 1.29 is 32.6 Å². The zero-order valence-electron chi connectivity index (χ0n) is 8.33. The van der Waals surface area contributed by atoms with E-state index in [1.165, 1.54) is 0 Å². The van der Waals surface area contributed by atoms with Crippen LogP contribution in [0.3, 0.4) is 0 Å². The third kappa shape index (κ3) is 3.42. The summed E-state index contributed by atoms with van der Waals surface area (Å²) >= 11 is 0. The van der Waals surface area contributed by atoms with E-state index in [4.69, 9.17) is 5.11 Å². The Morgan fingerprint density at radius 1 is 1.35 bits per heavy atom. The van der Waals surface area contributed by atoms with Crippen molar-refractivity contribution in [2.24, 2.45) is 0 Å². The third-order valence-corrected chi connectivity index (χ3v) is 2.05. The summed E-state index contributed by atoms with van der Waals surface area (Å²) in [5.74, 6) is -2.51. The molecule has 0 saturated carbocycles. The summed E-state index contributed by atoms with van der Waals surface area (Å²) in [5, 5.41) is 17.6. The summed E-state index contributed by atoms with van der Waals surface area (Å²) in [6.07, 6.45) is -7.35. The summed E-state index contributed by atoms with van der Waals surface area (Å²) in [5.41, 5.74) is -1.82. The van der Waals surface area contributed by atoms with Gasteiger partial charge in [-0.05, 0) is 18.2 Å². The number of alkyl halides is 3. The SMILES string of the molecule is O=C(O)CC(O)c1cc(C(F)(F)F)ccc1F. The number of hydrogen-bond donors (Lipinski definition) is 2. The van der Waals surface area contributed by atoms with Gasteiger partial charge in [0.2, 0.25) is 0 Å². The number of rotatable bonds is 3. The first-order valence-electron chi connectivity index (χ1n) is 4.48. The maximum absolute atomic E-state index is 13.1. The van der Waals surface area contributed by atoms with Crippen LogP contribution in [0.1, 0.15) is 23.7 Å². The molecular formula is C10H8F4O3. The van der Waals surface area contributed by atoms with Gasteiger partial charge in [0.25, 0.3) is 0 Å². The van der Waals surface area contributed by atoms with Gasteiger partial charge in [0, 0.05) is 5.56 Å². The van der Waals surface area contributed by atoms with Crippen LogP contribution in [-0.2, 0) is 11.0 Å². The van der Waals surface area contributed by atoms with E-state index in [1.807, 2.05) is 0 Å². The second-order valence-corrected chi connectivity index (χ2v) is 3.35. The molecule has 0 aliphatic carbocycles. The van der Waals surface area contributed by atoms with E-state index in [-0.39, 0.29) is 0 Å². The molecule has 0 aliphatic rings. The molecule has 3 nitrogen and oxygen atoms in total. The van der Waals surface area contributed by atoms with Crippen molar-refractivity contribution in [2.45, 2.75) is 18.7 Å². The Bertz CT molecular complexity index is 428. The fourth-order valence-corrected chi connectivity index (χ4v) is 1.25. The minimum Gasteiger partial charge on any atom is -0.481 e. The van der Waals surface area contributed by atoms with Gasteiger partial charge in [0.15, 0.2) is 0 Å². The van der Waals surface area contributed by atoms with E-state index in [9.17, 15) is 27.5 Å². The van der Waals surface area contributed by atoms with Crippen molar-refractivity contribution in [3.63, 3.8) is 0 Å². The van der Waals surface area contributed by atoms with Crippen LogP contribution in [0, 0.1) is 5.82 Å². The van der Waals surface area contributed by atoms with Crippen molar-refractivity contribution in [1.29, 1.82) is 0 Å². The van der Waals surface area contributed by atoms with Gasteiger partial charge in [-0.25, -0.2) is 4.39 Å². The topological polar surface area (TPSA) is 57.5 Å². The summed E-state index contributed by atoms with van der Waals surface area (Å²) in [4.78, 5) is 10.3. The molecule has 94 valence electrons. The van der Waals surface area contributed by atoms with E-state index in [0.717, 1.165) is 0 Å². The number of hydrogen-bond acceptors (Lipinski definition) is 2. The third-order valence-electron chi connectivity index (χ3n) is 2.05. The summed E-state index contributed by atoms with van der Waals surface area (Å²) < 4.78 is 50.1. The molecule has 1 aromatic rings. The Morgan fingerprint density at radius 2 is 1.94 bits per heavy atom. The number of carboxylic acid groups (broad SMARTS) is 1. The van der Waals surface area contributed by atoms with Gasteiger partial charge in [0.1, 0.15) is 5.82 Å². The van der Waals surface area contributed by atoms with Gasteiger partial charge in [-0.3, -0.25) is 4.79 Å². The molecule has 1 atom stereocenters. The van der Waals surface area contributed by atoms with E-state index in [0.29, 0.717) is 18.2 Å². The molecule has 0 heterocycles. The Morgan fingerprint density at radius 3 is 2.41 bits per heavy atom. The molecule has 0 fully saturated rings. The standard InChI is InChI=1S/C10H8F4O3/c11-7-2-1-5(10(12,13)14)3-6(7)8(15)4-9(16)17/h1-3,8,15H,4H2,(H,16,17). The first-order valence-corrected chi connectivity index (χ1v) is 4.48. The Balaban J connectivity index is 3.10. The molecule has 0 aromatic heterocycles. The predicted octanol–water partition coefficient (Wildman–Crippen LogP) is 2.35. The predicted molar refractivity (Wildman–Crippen MR) is 48.6 cm³/mol. The molecule has 1 aromatic carbocycles. The molecular weight excluding hydrogens is 244 g/mol. The lowest BCUT2D eigenvalue weighted by Gasteiger charge is -2.13. The second kappa shape index (κ2) is 4.70. The van der Waals surface area contributed by atoms with Crippen molar-refractivity contribution in [1.82, 2.24) is 0 Å². The van der Waals surface area contributed by atoms with Gasteiger partial charge in [0.05, 0.1) is 18.1 Å². The molecule has 0 amide bonds. The van der Waals surface area contributed by atoms with E-state index >= 15 is 0 Å². The highest BCUT2D eigenvalue weighted by Gasteiger charge is 2.32. The van der Waals surface area contributed by atoms with Crippen LogP contribution < -0.4 is 0 Å². The summed E-state index contributed by atoms with van der Waals surface area (Å²) in [6.45, 7) is 0. The number of aliphatic carboxylic acids is 1. The van der Waals surface area contributed by atoms with Gasteiger partial charge >= 0.3 is 12.1 Å².